The molecule has 110 valence electrons. The Hall–Kier alpha value is -0.943. The van der Waals surface area contributed by atoms with Gasteiger partial charge in [0, 0.05) is 0 Å². The molecule has 0 aromatic rings. The molecule has 0 bridgehead atoms. The molecular formula is C14H27NO3Si. The van der Waals surface area contributed by atoms with E-state index in [2.05, 4.69) is 47.0 Å². The van der Waals surface area contributed by atoms with Crippen molar-refractivity contribution >= 4 is 20.0 Å². The summed E-state index contributed by atoms with van der Waals surface area (Å²) in [5.41, 5.74) is 3.43. The van der Waals surface area contributed by atoms with Gasteiger partial charge < -0.3 is 4.53 Å². The van der Waals surface area contributed by atoms with Crippen molar-refractivity contribution in [2.75, 3.05) is 0 Å². The predicted molar refractivity (Wildman–Crippen MR) is 80.1 cm³/mol. The number of nitrogens with one attached hydrogen (secondary N) is 1. The summed E-state index contributed by atoms with van der Waals surface area (Å²) in [5, 5.41) is 0. The zero-order valence-corrected chi connectivity index (χ0v) is 14.1. The van der Waals surface area contributed by atoms with Crippen molar-refractivity contribution in [2.24, 2.45) is 0 Å². The highest BCUT2D eigenvalue weighted by molar-refractivity contribution is 6.77. The van der Waals surface area contributed by atoms with Gasteiger partial charge in [-0.3, -0.25) is 9.59 Å². The van der Waals surface area contributed by atoms with Crippen molar-refractivity contribution in [3.63, 3.8) is 0 Å². The van der Waals surface area contributed by atoms with Crippen LogP contribution in [0.1, 0.15) is 48.5 Å². The lowest BCUT2D eigenvalue weighted by molar-refractivity contribution is -0.140. The summed E-state index contributed by atoms with van der Waals surface area (Å²) in [7, 11) is -2.17. The van der Waals surface area contributed by atoms with Gasteiger partial charge >= 0.3 is 5.91 Å². The summed E-state index contributed by atoms with van der Waals surface area (Å²) < 4.78 is 5.83. The van der Waals surface area contributed by atoms with Crippen molar-refractivity contribution < 1.29 is 14.1 Å². The quantitative estimate of drug-likeness (QED) is 0.338. The first-order chi connectivity index (χ1) is 8.70. The first-order valence-corrected chi connectivity index (χ1v) is 8.99. The molecular weight excluding hydrogens is 258 g/mol. The zero-order valence-electron chi connectivity index (χ0n) is 13.1. The number of allylic oxidation sites excluding steroid dienone is 1. The number of hydrogen-bond acceptors (Lipinski definition) is 3. The Labute approximate surface area is 117 Å². The molecule has 5 heteroatoms. The molecule has 0 fully saturated rings. The third-order valence-electron chi connectivity index (χ3n) is 3.57. The van der Waals surface area contributed by atoms with Crippen LogP contribution >= 0.6 is 0 Å². The second kappa shape index (κ2) is 7.60. The smallest absolute Gasteiger partial charge is 0.314 e. The van der Waals surface area contributed by atoms with E-state index >= 15 is 0 Å². The summed E-state index contributed by atoms with van der Waals surface area (Å²) in [5.74, 6) is -1.28. The largest absolute Gasteiger partial charge is 0.318 e. The Kier molecular flexibility index (Phi) is 7.22. The molecule has 0 radical (unpaired) electrons. The SMILES string of the molecule is C/C=C/C(=O)C(=O)NO[Si](C(C)C)(C(C)C)C(C)C. The topological polar surface area (TPSA) is 55.4 Å². The van der Waals surface area contributed by atoms with Crippen molar-refractivity contribution in [1.29, 1.82) is 0 Å². The van der Waals surface area contributed by atoms with E-state index in [9.17, 15) is 9.59 Å². The van der Waals surface area contributed by atoms with Gasteiger partial charge in [-0.15, -0.1) is 0 Å². The minimum Gasteiger partial charge on any atom is -0.318 e. The van der Waals surface area contributed by atoms with Crippen LogP contribution in [-0.4, -0.2) is 20.0 Å². The fraction of sp³-hybridized carbons (Fsp3) is 0.714. The summed E-state index contributed by atoms with van der Waals surface area (Å²) >= 11 is 0. The van der Waals surface area contributed by atoms with Gasteiger partial charge in [0.1, 0.15) is 0 Å². The molecule has 0 aliphatic rings. The van der Waals surface area contributed by atoms with E-state index in [0.29, 0.717) is 16.6 Å². The maximum absolute atomic E-state index is 11.6. The molecule has 1 N–H and O–H groups in total. The van der Waals surface area contributed by atoms with Crippen LogP contribution in [0.25, 0.3) is 0 Å². The Balaban J connectivity index is 4.96. The minimum atomic E-state index is -2.17. The molecule has 0 atom stereocenters. The lowest BCUT2D eigenvalue weighted by Gasteiger charge is -2.40. The van der Waals surface area contributed by atoms with E-state index in [1.807, 2.05) is 0 Å². The van der Waals surface area contributed by atoms with Crippen LogP contribution in [0.5, 0.6) is 0 Å². The van der Waals surface area contributed by atoms with Crippen molar-refractivity contribution in [3.05, 3.63) is 12.2 Å². The normalized spacial score (nSPS) is 12.7. The van der Waals surface area contributed by atoms with Gasteiger partial charge in [0.05, 0.1) is 0 Å². The van der Waals surface area contributed by atoms with Gasteiger partial charge in [-0.1, -0.05) is 47.6 Å². The van der Waals surface area contributed by atoms with E-state index in [4.69, 9.17) is 4.53 Å². The number of carbonyl (C=O) groups excluding carboxylic acids is 2. The molecule has 19 heavy (non-hydrogen) atoms. The average Bonchev–Trinajstić information content (AvgIpc) is 2.28. The lowest BCUT2D eigenvalue weighted by atomic mass is 10.3. The van der Waals surface area contributed by atoms with Gasteiger partial charge in [0.2, 0.25) is 14.1 Å². The van der Waals surface area contributed by atoms with Gasteiger partial charge in [-0.05, 0) is 29.6 Å². The fourth-order valence-electron chi connectivity index (χ4n) is 2.77. The lowest BCUT2D eigenvalue weighted by Crippen LogP contribution is -2.53. The van der Waals surface area contributed by atoms with Crippen LogP contribution in [-0.2, 0) is 14.1 Å². The predicted octanol–water partition coefficient (Wildman–Crippen LogP) is 3.35. The molecule has 4 nitrogen and oxygen atoms in total. The Bertz CT molecular complexity index is 327. The molecule has 0 aliphatic heterocycles. The number of carbonyl (C=O) groups is 2. The fourth-order valence-corrected chi connectivity index (χ4v) is 7.74. The van der Waals surface area contributed by atoms with Gasteiger partial charge in [0.15, 0.2) is 0 Å². The monoisotopic (exact) mass is 285 g/mol. The maximum atomic E-state index is 11.6. The Morgan fingerprint density at radius 3 is 1.74 bits per heavy atom. The molecule has 0 heterocycles. The van der Waals surface area contributed by atoms with Crippen molar-refractivity contribution in [2.45, 2.75) is 65.1 Å². The van der Waals surface area contributed by atoms with Crippen LogP contribution < -0.4 is 5.48 Å². The summed E-state index contributed by atoms with van der Waals surface area (Å²) in [4.78, 5) is 23.0. The maximum Gasteiger partial charge on any atom is 0.314 e. The summed E-state index contributed by atoms with van der Waals surface area (Å²) in [6.45, 7) is 14.4. The zero-order chi connectivity index (χ0) is 15.2. The number of amides is 1. The van der Waals surface area contributed by atoms with E-state index in [1.165, 1.54) is 6.08 Å². The second-order valence-electron chi connectivity index (χ2n) is 5.72. The van der Waals surface area contributed by atoms with E-state index < -0.39 is 20.0 Å². The molecule has 0 rings (SSSR count). The molecule has 0 aromatic heterocycles. The number of hydrogen-bond donors (Lipinski definition) is 1. The van der Waals surface area contributed by atoms with Crippen LogP contribution in [0.15, 0.2) is 12.2 Å². The van der Waals surface area contributed by atoms with E-state index in [1.54, 1.807) is 13.0 Å². The number of ketones is 1. The molecule has 0 spiro atoms. The minimum absolute atomic E-state index is 0.351. The Morgan fingerprint density at radius 1 is 1.00 bits per heavy atom. The van der Waals surface area contributed by atoms with Crippen LogP contribution in [0.3, 0.4) is 0 Å². The number of rotatable bonds is 7. The second-order valence-corrected chi connectivity index (χ2v) is 11.1. The molecule has 0 aliphatic carbocycles. The van der Waals surface area contributed by atoms with Gasteiger partial charge in [-0.2, -0.15) is 0 Å². The summed E-state index contributed by atoms with van der Waals surface area (Å²) in [6.07, 6.45) is 2.78. The molecule has 0 saturated carbocycles. The number of hydroxylamine groups is 1. The Morgan fingerprint density at radius 2 is 1.42 bits per heavy atom. The third kappa shape index (κ3) is 4.28. The van der Waals surface area contributed by atoms with E-state index in [0.717, 1.165) is 0 Å². The van der Waals surface area contributed by atoms with Crippen LogP contribution in [0, 0.1) is 0 Å². The van der Waals surface area contributed by atoms with Gasteiger partial charge in [0.25, 0.3) is 0 Å². The summed E-state index contributed by atoms with van der Waals surface area (Å²) in [6, 6.07) is 0. The van der Waals surface area contributed by atoms with Crippen LogP contribution in [0.4, 0.5) is 0 Å². The first kappa shape index (κ1) is 18.1. The van der Waals surface area contributed by atoms with Crippen LogP contribution in [0.2, 0.25) is 16.6 Å². The molecule has 0 aromatic carbocycles. The van der Waals surface area contributed by atoms with Gasteiger partial charge in [-0.25, -0.2) is 5.48 Å². The van der Waals surface area contributed by atoms with E-state index in [-0.39, 0.29) is 0 Å². The standard InChI is InChI=1S/C14H27NO3Si/c1-8-9-13(16)14(17)15-18-19(10(2)3,11(4)5)12(6)7/h8-12H,1-7H3,(H,15,17)/b9-8+. The molecule has 0 unspecified atom stereocenters. The average molecular weight is 285 g/mol. The first-order valence-electron chi connectivity index (χ1n) is 6.85. The highest BCUT2D eigenvalue weighted by Crippen LogP contribution is 2.41. The highest BCUT2D eigenvalue weighted by Gasteiger charge is 2.46. The van der Waals surface area contributed by atoms with Crippen molar-refractivity contribution in [3.8, 4) is 0 Å². The molecule has 1 amide bonds. The molecule has 0 saturated heterocycles. The third-order valence-corrected chi connectivity index (χ3v) is 9.44. The highest BCUT2D eigenvalue weighted by atomic mass is 28.4. The van der Waals surface area contributed by atoms with Crippen molar-refractivity contribution in [1.82, 2.24) is 5.48 Å².